The number of fused-ring (bicyclic) bond motifs is 1. The van der Waals surface area contributed by atoms with Crippen molar-refractivity contribution in [2.45, 2.75) is 32.7 Å². The van der Waals surface area contributed by atoms with Crippen LogP contribution in [-0.2, 0) is 12.0 Å². The van der Waals surface area contributed by atoms with Gasteiger partial charge < -0.3 is 9.32 Å². The van der Waals surface area contributed by atoms with E-state index in [1.165, 1.54) is 11.3 Å². The second-order valence-corrected chi connectivity index (χ2v) is 8.66. The molecule has 4 heteroatoms. The number of anilines is 1. The molecule has 0 saturated carbocycles. The van der Waals surface area contributed by atoms with Crippen LogP contribution in [0.2, 0.25) is 0 Å². The minimum atomic E-state index is -0.223. The number of benzene rings is 2. The summed E-state index contributed by atoms with van der Waals surface area (Å²) >= 11 is 0. The lowest BCUT2D eigenvalue weighted by molar-refractivity contribution is 0.247. The van der Waals surface area contributed by atoms with Crippen molar-refractivity contribution in [1.82, 2.24) is 4.90 Å². The van der Waals surface area contributed by atoms with E-state index in [4.69, 9.17) is 4.42 Å². The summed E-state index contributed by atoms with van der Waals surface area (Å²) in [6, 6.07) is 18.6. The summed E-state index contributed by atoms with van der Waals surface area (Å²) in [6.45, 7) is 11.2. The fourth-order valence-electron chi connectivity index (χ4n) is 3.79. The van der Waals surface area contributed by atoms with Crippen LogP contribution in [-0.4, -0.2) is 31.1 Å². The van der Waals surface area contributed by atoms with E-state index in [1.807, 2.05) is 30.3 Å². The van der Waals surface area contributed by atoms with Gasteiger partial charge in [0.1, 0.15) is 5.58 Å². The van der Waals surface area contributed by atoms with Crippen LogP contribution in [0, 0.1) is 0 Å². The molecule has 1 fully saturated rings. The topological polar surface area (TPSA) is 36.7 Å². The van der Waals surface area contributed by atoms with E-state index in [9.17, 15) is 4.79 Å². The van der Waals surface area contributed by atoms with Gasteiger partial charge in [0.2, 0.25) is 0 Å². The van der Waals surface area contributed by atoms with Gasteiger partial charge in [0.25, 0.3) is 0 Å². The molecule has 1 aliphatic rings. The fourth-order valence-corrected chi connectivity index (χ4v) is 3.79. The molecule has 0 radical (unpaired) electrons. The zero-order valence-corrected chi connectivity index (χ0v) is 16.9. The Morgan fingerprint density at radius 2 is 1.61 bits per heavy atom. The van der Waals surface area contributed by atoms with Crippen LogP contribution >= 0.6 is 0 Å². The van der Waals surface area contributed by atoms with Crippen molar-refractivity contribution < 1.29 is 4.42 Å². The third kappa shape index (κ3) is 3.97. The van der Waals surface area contributed by atoms with Crippen molar-refractivity contribution in [2.24, 2.45) is 0 Å². The Balaban J connectivity index is 1.41. The molecule has 0 amide bonds. The number of hydrogen-bond acceptors (Lipinski definition) is 4. The van der Waals surface area contributed by atoms with E-state index in [0.717, 1.165) is 37.1 Å². The molecule has 28 heavy (non-hydrogen) atoms. The fraction of sp³-hybridized carbons (Fsp3) is 0.375. The molecule has 1 aromatic heterocycles. The van der Waals surface area contributed by atoms with E-state index >= 15 is 0 Å². The Hall–Kier alpha value is -2.59. The van der Waals surface area contributed by atoms with E-state index in [-0.39, 0.29) is 11.0 Å². The molecule has 2 aromatic carbocycles. The Kier molecular flexibility index (Phi) is 4.98. The van der Waals surface area contributed by atoms with Crippen molar-refractivity contribution in [3.63, 3.8) is 0 Å². The van der Waals surface area contributed by atoms with Gasteiger partial charge in [-0.25, -0.2) is 4.79 Å². The summed E-state index contributed by atoms with van der Waals surface area (Å²) in [7, 11) is 0. The molecule has 0 unspecified atom stereocenters. The maximum Gasteiger partial charge on any atom is 0.340 e. The van der Waals surface area contributed by atoms with E-state index in [0.29, 0.717) is 12.1 Å². The molecular weight excluding hydrogens is 348 g/mol. The monoisotopic (exact) mass is 376 g/mol. The van der Waals surface area contributed by atoms with Gasteiger partial charge >= 0.3 is 5.63 Å². The Morgan fingerprint density at radius 1 is 0.929 bits per heavy atom. The van der Waals surface area contributed by atoms with Crippen LogP contribution in [0.1, 0.15) is 31.9 Å². The third-order valence-corrected chi connectivity index (χ3v) is 5.58. The predicted octanol–water partition coefficient (Wildman–Crippen LogP) is 4.41. The summed E-state index contributed by atoms with van der Waals surface area (Å²) in [5.74, 6) is 0. The number of hydrogen-bond donors (Lipinski definition) is 0. The van der Waals surface area contributed by atoms with Gasteiger partial charge in [-0.1, -0.05) is 51.1 Å². The van der Waals surface area contributed by atoms with E-state index < -0.39 is 0 Å². The predicted molar refractivity (Wildman–Crippen MR) is 115 cm³/mol. The normalized spacial score (nSPS) is 15.9. The van der Waals surface area contributed by atoms with Crippen molar-refractivity contribution in [3.8, 4) is 0 Å². The van der Waals surface area contributed by atoms with Gasteiger partial charge in [0.05, 0.1) is 5.56 Å². The van der Waals surface area contributed by atoms with E-state index in [1.54, 1.807) is 0 Å². The highest BCUT2D eigenvalue weighted by atomic mass is 16.4. The molecule has 4 nitrogen and oxygen atoms in total. The van der Waals surface area contributed by atoms with Crippen molar-refractivity contribution in [3.05, 3.63) is 76.1 Å². The Morgan fingerprint density at radius 3 is 2.29 bits per heavy atom. The standard InChI is InChI=1S/C24H28N2O2/c1-24(2,3)20-8-10-21(11-9-20)26-14-12-25(13-15-26)17-19-16-18-6-4-5-7-22(18)28-23(19)27/h4-11,16H,12-15,17H2,1-3H3. The minimum absolute atomic E-state index is 0.179. The molecule has 0 aliphatic carbocycles. The lowest BCUT2D eigenvalue weighted by Gasteiger charge is -2.36. The average Bonchev–Trinajstić information content (AvgIpc) is 2.69. The first-order chi connectivity index (χ1) is 13.4. The highest BCUT2D eigenvalue weighted by Gasteiger charge is 2.20. The summed E-state index contributed by atoms with van der Waals surface area (Å²) in [5.41, 5.74) is 3.98. The highest BCUT2D eigenvalue weighted by Crippen LogP contribution is 2.25. The molecule has 0 spiro atoms. The quantitative estimate of drug-likeness (QED) is 0.635. The van der Waals surface area contributed by atoms with Crippen molar-refractivity contribution in [1.29, 1.82) is 0 Å². The largest absolute Gasteiger partial charge is 0.422 e. The van der Waals surface area contributed by atoms with Crippen LogP contribution < -0.4 is 10.5 Å². The number of piperazine rings is 1. The second kappa shape index (κ2) is 7.44. The summed E-state index contributed by atoms with van der Waals surface area (Å²) < 4.78 is 5.47. The average molecular weight is 377 g/mol. The Bertz CT molecular complexity index is 1010. The first-order valence-corrected chi connectivity index (χ1v) is 10.00. The maximum atomic E-state index is 12.3. The molecule has 0 bridgehead atoms. The lowest BCUT2D eigenvalue weighted by atomic mass is 9.87. The number of para-hydroxylation sites is 1. The molecular formula is C24H28N2O2. The zero-order chi connectivity index (χ0) is 19.7. The first kappa shape index (κ1) is 18.8. The molecule has 1 saturated heterocycles. The van der Waals surface area contributed by atoms with Gasteiger partial charge in [-0.15, -0.1) is 0 Å². The Labute approximate surface area is 166 Å². The van der Waals surface area contributed by atoms with Crippen LogP contribution in [0.3, 0.4) is 0 Å². The smallest absolute Gasteiger partial charge is 0.340 e. The van der Waals surface area contributed by atoms with Crippen LogP contribution in [0.15, 0.2) is 63.8 Å². The molecule has 4 rings (SSSR count). The summed E-state index contributed by atoms with van der Waals surface area (Å²) in [4.78, 5) is 17.1. The van der Waals surface area contributed by atoms with Crippen LogP contribution in [0.4, 0.5) is 5.69 Å². The molecule has 1 aliphatic heterocycles. The molecule has 0 N–H and O–H groups in total. The van der Waals surface area contributed by atoms with Crippen molar-refractivity contribution in [2.75, 3.05) is 31.1 Å². The van der Waals surface area contributed by atoms with Crippen molar-refractivity contribution >= 4 is 16.7 Å². The SMILES string of the molecule is CC(C)(C)c1ccc(N2CCN(Cc3cc4ccccc4oc3=O)CC2)cc1. The second-order valence-electron chi connectivity index (χ2n) is 8.66. The summed E-state index contributed by atoms with van der Waals surface area (Å²) in [5, 5.41) is 0.981. The first-order valence-electron chi connectivity index (χ1n) is 10.00. The van der Waals surface area contributed by atoms with Gasteiger partial charge in [0.15, 0.2) is 0 Å². The molecule has 2 heterocycles. The summed E-state index contributed by atoms with van der Waals surface area (Å²) in [6.07, 6.45) is 0. The van der Waals surface area contributed by atoms with Gasteiger partial charge in [0, 0.05) is 43.8 Å². The van der Waals surface area contributed by atoms with Gasteiger partial charge in [-0.2, -0.15) is 0 Å². The number of rotatable bonds is 3. The highest BCUT2D eigenvalue weighted by molar-refractivity contribution is 5.76. The van der Waals surface area contributed by atoms with Gasteiger partial charge in [-0.05, 0) is 35.2 Å². The minimum Gasteiger partial charge on any atom is -0.422 e. The van der Waals surface area contributed by atoms with Gasteiger partial charge in [-0.3, -0.25) is 4.90 Å². The number of nitrogens with zero attached hydrogens (tertiary/aromatic N) is 2. The zero-order valence-electron chi connectivity index (χ0n) is 16.9. The van der Waals surface area contributed by atoms with Crippen LogP contribution in [0.25, 0.3) is 11.0 Å². The van der Waals surface area contributed by atoms with E-state index in [2.05, 4.69) is 54.8 Å². The van der Waals surface area contributed by atoms with Crippen LogP contribution in [0.5, 0.6) is 0 Å². The molecule has 0 atom stereocenters. The molecule has 3 aromatic rings. The third-order valence-electron chi connectivity index (χ3n) is 5.58. The molecule has 146 valence electrons. The maximum absolute atomic E-state index is 12.3. The lowest BCUT2D eigenvalue weighted by Crippen LogP contribution is -2.46.